The first-order valence-electron chi connectivity index (χ1n) is 10.7. The lowest BCUT2D eigenvalue weighted by Gasteiger charge is -2.28. The van der Waals surface area contributed by atoms with Gasteiger partial charge >= 0.3 is 0 Å². The molecule has 0 heterocycles. The average Bonchev–Trinajstić information content (AvgIpc) is 2.79. The minimum atomic E-state index is -2.36. The second-order valence-electron chi connectivity index (χ2n) is 7.77. The second kappa shape index (κ2) is 9.23. The summed E-state index contributed by atoms with van der Waals surface area (Å²) in [6.07, 6.45) is -2.71. The van der Waals surface area contributed by atoms with E-state index in [1.54, 1.807) is 6.92 Å². The Morgan fingerprint density at radius 2 is 1.19 bits per heavy atom. The molecule has 1 aliphatic rings. The third-order valence-corrected chi connectivity index (χ3v) is 5.64. The van der Waals surface area contributed by atoms with Gasteiger partial charge in [-0.25, -0.2) is 17.6 Å². The Morgan fingerprint density at radius 3 is 1.69 bits per heavy atom. The number of ether oxygens (including phenoxy) is 2. The Labute approximate surface area is 184 Å². The summed E-state index contributed by atoms with van der Waals surface area (Å²) in [6.45, 7) is 4.02. The number of halogens is 4. The molecule has 0 saturated carbocycles. The van der Waals surface area contributed by atoms with Crippen LogP contribution in [0.1, 0.15) is 54.9 Å². The molecule has 0 saturated heterocycles. The Kier molecular flexibility index (Phi) is 6.40. The lowest BCUT2D eigenvalue weighted by atomic mass is 9.82. The summed E-state index contributed by atoms with van der Waals surface area (Å²) >= 11 is 0. The monoisotopic (exact) mass is 444 g/mol. The standard InChI is InChI=1S/C26H24F4O2/c1-3-5-15-6-8-16(9-7-15)14-32-20-13-11-18-17-10-12-19(31-4-2)23(27)21(17)25(29)26(30)22(18)24(20)28/h6-13,25-26H,3-5,14H2,1-2H3. The molecule has 0 spiro atoms. The number of alkyl halides is 2. The minimum Gasteiger partial charge on any atom is -0.491 e. The summed E-state index contributed by atoms with van der Waals surface area (Å²) in [6, 6.07) is 13.3. The quantitative estimate of drug-likeness (QED) is 0.350. The van der Waals surface area contributed by atoms with Crippen molar-refractivity contribution < 1.29 is 27.0 Å². The van der Waals surface area contributed by atoms with Crippen molar-refractivity contribution in [2.45, 2.75) is 45.6 Å². The second-order valence-corrected chi connectivity index (χ2v) is 7.77. The molecule has 2 unspecified atom stereocenters. The molecule has 2 nitrogen and oxygen atoms in total. The third-order valence-electron chi connectivity index (χ3n) is 5.64. The highest BCUT2D eigenvalue weighted by Crippen LogP contribution is 2.52. The summed E-state index contributed by atoms with van der Waals surface area (Å²) < 4.78 is 70.6. The smallest absolute Gasteiger partial charge is 0.171 e. The van der Waals surface area contributed by atoms with Crippen molar-refractivity contribution in [3.63, 3.8) is 0 Å². The van der Waals surface area contributed by atoms with Gasteiger partial charge in [0.15, 0.2) is 35.5 Å². The molecule has 0 aliphatic heterocycles. The van der Waals surface area contributed by atoms with Gasteiger partial charge in [-0.1, -0.05) is 49.7 Å². The van der Waals surface area contributed by atoms with Gasteiger partial charge in [0.1, 0.15) is 6.61 Å². The summed E-state index contributed by atoms with van der Waals surface area (Å²) in [5.41, 5.74) is 1.35. The van der Waals surface area contributed by atoms with Crippen molar-refractivity contribution in [2.24, 2.45) is 0 Å². The average molecular weight is 444 g/mol. The largest absolute Gasteiger partial charge is 0.491 e. The van der Waals surface area contributed by atoms with Crippen LogP contribution in [0.4, 0.5) is 17.6 Å². The fourth-order valence-electron chi connectivity index (χ4n) is 4.08. The van der Waals surface area contributed by atoms with Crippen LogP contribution in [-0.4, -0.2) is 6.61 Å². The highest BCUT2D eigenvalue weighted by molar-refractivity contribution is 5.76. The van der Waals surface area contributed by atoms with E-state index in [0.717, 1.165) is 18.4 Å². The Morgan fingerprint density at radius 1 is 0.688 bits per heavy atom. The Balaban J connectivity index is 1.65. The first kappa shape index (κ1) is 22.2. The molecule has 0 fully saturated rings. The van der Waals surface area contributed by atoms with Gasteiger partial charge < -0.3 is 9.47 Å². The van der Waals surface area contributed by atoms with Gasteiger partial charge in [0.2, 0.25) is 0 Å². The Bertz CT molecular complexity index is 1110. The normalized spacial score (nSPS) is 16.9. The zero-order chi connectivity index (χ0) is 22.8. The van der Waals surface area contributed by atoms with Gasteiger partial charge in [-0.15, -0.1) is 0 Å². The number of rotatable bonds is 7. The molecule has 32 heavy (non-hydrogen) atoms. The molecule has 0 N–H and O–H groups in total. The van der Waals surface area contributed by atoms with Crippen molar-refractivity contribution in [2.75, 3.05) is 6.61 Å². The molecule has 0 amide bonds. The van der Waals surface area contributed by atoms with Crippen LogP contribution in [0.5, 0.6) is 11.5 Å². The van der Waals surface area contributed by atoms with Crippen LogP contribution in [0.25, 0.3) is 11.1 Å². The lowest BCUT2D eigenvalue weighted by Crippen LogP contribution is -2.16. The van der Waals surface area contributed by atoms with Gasteiger partial charge in [-0.05, 0) is 47.7 Å². The summed E-state index contributed by atoms with van der Waals surface area (Å²) in [4.78, 5) is 0. The van der Waals surface area contributed by atoms with Gasteiger partial charge in [-0.3, -0.25) is 0 Å². The van der Waals surface area contributed by atoms with E-state index in [0.29, 0.717) is 0 Å². The van der Waals surface area contributed by atoms with Crippen LogP contribution >= 0.6 is 0 Å². The fourth-order valence-corrected chi connectivity index (χ4v) is 4.08. The third kappa shape index (κ3) is 3.94. The maximum absolute atomic E-state index is 15.2. The van der Waals surface area contributed by atoms with E-state index in [-0.39, 0.29) is 35.8 Å². The SMILES string of the molecule is CCCc1ccc(COc2ccc3c(c2F)C(F)C(F)c2c-3ccc(OCC)c2F)cc1. The van der Waals surface area contributed by atoms with Crippen LogP contribution in [0.2, 0.25) is 0 Å². The van der Waals surface area contributed by atoms with E-state index < -0.39 is 35.1 Å². The van der Waals surface area contributed by atoms with Crippen molar-refractivity contribution in [1.29, 1.82) is 0 Å². The first-order chi connectivity index (χ1) is 15.5. The van der Waals surface area contributed by atoms with Crippen molar-refractivity contribution in [3.05, 3.63) is 82.4 Å². The fraction of sp³-hybridized carbons (Fsp3) is 0.308. The van der Waals surface area contributed by atoms with Crippen LogP contribution in [0.15, 0.2) is 48.5 Å². The molecule has 168 valence electrons. The molecule has 1 aliphatic carbocycles. The lowest BCUT2D eigenvalue weighted by molar-refractivity contribution is 0.157. The number of hydrogen-bond donors (Lipinski definition) is 0. The van der Waals surface area contributed by atoms with Crippen LogP contribution in [0, 0.1) is 11.6 Å². The van der Waals surface area contributed by atoms with E-state index in [4.69, 9.17) is 9.47 Å². The van der Waals surface area contributed by atoms with Crippen LogP contribution in [-0.2, 0) is 13.0 Å². The summed E-state index contributed by atoms with van der Waals surface area (Å²) in [5, 5.41) is 0. The van der Waals surface area contributed by atoms with E-state index in [1.165, 1.54) is 29.8 Å². The van der Waals surface area contributed by atoms with E-state index >= 15 is 4.39 Å². The predicted molar refractivity (Wildman–Crippen MR) is 115 cm³/mol. The molecule has 2 atom stereocenters. The number of fused-ring (bicyclic) bond motifs is 3. The molecule has 0 radical (unpaired) electrons. The molecule has 4 rings (SSSR count). The molecule has 6 heteroatoms. The summed E-state index contributed by atoms with van der Waals surface area (Å²) in [5.74, 6) is -2.27. The first-order valence-corrected chi connectivity index (χ1v) is 10.7. The molecule has 0 aromatic heterocycles. The maximum Gasteiger partial charge on any atom is 0.171 e. The number of benzene rings is 3. The van der Waals surface area contributed by atoms with Crippen LogP contribution in [0.3, 0.4) is 0 Å². The highest BCUT2D eigenvalue weighted by Gasteiger charge is 2.40. The van der Waals surface area contributed by atoms with Gasteiger partial charge in [0.05, 0.1) is 6.61 Å². The van der Waals surface area contributed by atoms with Crippen molar-refractivity contribution in [3.8, 4) is 22.6 Å². The molecular weight excluding hydrogens is 420 g/mol. The highest BCUT2D eigenvalue weighted by atomic mass is 19.2. The van der Waals surface area contributed by atoms with Gasteiger partial charge in [0, 0.05) is 11.1 Å². The number of aryl methyl sites for hydroxylation is 1. The molecule has 3 aromatic rings. The summed E-state index contributed by atoms with van der Waals surface area (Å²) in [7, 11) is 0. The van der Waals surface area contributed by atoms with E-state index in [2.05, 4.69) is 6.92 Å². The van der Waals surface area contributed by atoms with E-state index in [9.17, 15) is 13.2 Å². The van der Waals surface area contributed by atoms with Crippen molar-refractivity contribution >= 4 is 0 Å². The van der Waals surface area contributed by atoms with Crippen LogP contribution < -0.4 is 9.47 Å². The van der Waals surface area contributed by atoms with E-state index in [1.807, 2.05) is 24.3 Å². The topological polar surface area (TPSA) is 18.5 Å². The Hall–Kier alpha value is -3.02. The molecule has 0 bridgehead atoms. The zero-order valence-electron chi connectivity index (χ0n) is 17.9. The maximum atomic E-state index is 15.2. The minimum absolute atomic E-state index is 0.0844. The van der Waals surface area contributed by atoms with Gasteiger partial charge in [-0.2, -0.15) is 0 Å². The number of hydrogen-bond acceptors (Lipinski definition) is 2. The predicted octanol–water partition coefficient (Wildman–Crippen LogP) is 7.60. The van der Waals surface area contributed by atoms with Crippen molar-refractivity contribution in [1.82, 2.24) is 0 Å². The zero-order valence-corrected chi connectivity index (χ0v) is 17.9. The van der Waals surface area contributed by atoms with Gasteiger partial charge in [0.25, 0.3) is 0 Å². The molecular formula is C26H24F4O2. The molecule has 3 aromatic carbocycles.